The van der Waals surface area contributed by atoms with Crippen molar-refractivity contribution in [1.82, 2.24) is 28.9 Å². The number of hydrogen-bond donors (Lipinski definition) is 4. The number of rotatable bonds is 2. The lowest BCUT2D eigenvalue weighted by Crippen LogP contribution is -2.37. The minimum absolute atomic E-state index is 0.0841. The minimum Gasteiger partial charge on any atom is -0.369 e. The van der Waals surface area contributed by atoms with Crippen molar-refractivity contribution in [2.75, 3.05) is 27.2 Å². The first-order valence-corrected chi connectivity index (χ1v) is 19.8. The third-order valence-electron chi connectivity index (χ3n) is 13.3. The van der Waals surface area contributed by atoms with Gasteiger partial charge in [-0.15, -0.1) is 0 Å². The fourth-order valence-electron chi connectivity index (χ4n) is 9.72. The van der Waals surface area contributed by atoms with Crippen molar-refractivity contribution in [2.45, 2.75) is 73.4 Å². The predicted octanol–water partition coefficient (Wildman–Crippen LogP) is 2.49. The number of likely N-dealkylation sites (N-methyl/N-ethyl adjacent to an activating group) is 2. The van der Waals surface area contributed by atoms with E-state index in [0.717, 1.165) is 59.3 Å². The van der Waals surface area contributed by atoms with E-state index in [-0.39, 0.29) is 59.3 Å². The normalized spacial score (nSPS) is 26.3. The Morgan fingerprint density at radius 1 is 0.667 bits per heavy atom. The Labute approximate surface area is 343 Å². The number of carbonyl (C=O) groups excluding carboxylic acids is 4. The van der Waals surface area contributed by atoms with Gasteiger partial charge in [-0.2, -0.15) is 0 Å². The molecule has 6 aliphatic carbocycles. The van der Waals surface area contributed by atoms with Crippen LogP contribution in [0.5, 0.6) is 0 Å². The van der Waals surface area contributed by atoms with Gasteiger partial charge in [0.05, 0.1) is 22.5 Å². The predicted molar refractivity (Wildman–Crippen MR) is 212 cm³/mol. The first kappa shape index (κ1) is 39.1. The highest BCUT2D eigenvalue weighted by atomic mass is 19.1. The largest absolute Gasteiger partial charge is 0.369 e. The third kappa shape index (κ3) is 5.91. The molecule has 2 atom stereocenters. The van der Waals surface area contributed by atoms with Gasteiger partial charge in [-0.1, -0.05) is 23.7 Å². The van der Waals surface area contributed by atoms with Gasteiger partial charge in [-0.05, 0) is 72.9 Å². The molecule has 4 bridgehead atoms. The number of amides is 4. The Kier molecular flexibility index (Phi) is 8.86. The lowest BCUT2D eigenvalue weighted by Gasteiger charge is -2.34. The van der Waals surface area contributed by atoms with Crippen molar-refractivity contribution in [1.29, 1.82) is 0 Å². The first-order chi connectivity index (χ1) is 28.4. The molecule has 2 saturated heterocycles. The molecule has 60 heavy (non-hydrogen) atoms. The van der Waals surface area contributed by atoms with Gasteiger partial charge in [0, 0.05) is 88.5 Å². The molecule has 0 spiro atoms. The lowest BCUT2D eigenvalue weighted by molar-refractivity contribution is -0.138. The highest BCUT2D eigenvalue weighted by Gasteiger charge is 2.45. The van der Waals surface area contributed by atoms with Gasteiger partial charge in [0.25, 0.3) is 23.6 Å². The molecule has 6 N–H and O–H groups in total. The second-order valence-corrected chi connectivity index (χ2v) is 16.9. The number of carbonyl (C=O) groups is 4. The maximum absolute atomic E-state index is 14.9. The number of nitrogens with two attached hydrogens (primary N) is 2. The number of aromatic nitrogens is 4. The molecule has 0 radical (unpaired) electrons. The summed E-state index contributed by atoms with van der Waals surface area (Å²) in [6.45, 7) is 0.792. The number of imidazole rings is 2. The fourth-order valence-corrected chi connectivity index (χ4v) is 9.72. The van der Waals surface area contributed by atoms with Crippen molar-refractivity contribution in [3.63, 3.8) is 0 Å². The Morgan fingerprint density at radius 2 is 1.03 bits per heavy atom. The van der Waals surface area contributed by atoms with E-state index in [4.69, 9.17) is 11.5 Å². The molecular formula is C44H42F2N8O6. The van der Waals surface area contributed by atoms with Crippen molar-refractivity contribution in [3.8, 4) is 46.2 Å². The van der Waals surface area contributed by atoms with E-state index < -0.39 is 46.5 Å². The van der Waals surface area contributed by atoms with Crippen molar-refractivity contribution < 1.29 is 38.2 Å². The van der Waals surface area contributed by atoms with Crippen LogP contribution in [0.1, 0.15) is 117 Å². The number of likely N-dealkylation sites (tertiary alicyclic amines) is 2. The van der Waals surface area contributed by atoms with Gasteiger partial charge in [0.1, 0.15) is 11.6 Å². The Morgan fingerprint density at radius 3 is 1.35 bits per heavy atom. The van der Waals surface area contributed by atoms with Crippen molar-refractivity contribution >= 4 is 23.6 Å². The number of halogens is 2. The summed E-state index contributed by atoms with van der Waals surface area (Å²) >= 11 is 0. The Bertz CT molecular complexity index is 2560. The lowest BCUT2D eigenvalue weighted by atomic mass is 9.71. The average Bonchev–Trinajstić information content (AvgIpc) is 3.73. The van der Waals surface area contributed by atoms with Gasteiger partial charge in [0.2, 0.25) is 11.2 Å². The molecule has 4 aromatic rings. The highest BCUT2D eigenvalue weighted by molar-refractivity contribution is 5.93. The van der Waals surface area contributed by atoms with Crippen molar-refractivity contribution in [3.05, 3.63) is 81.2 Å². The molecule has 4 heterocycles. The van der Waals surface area contributed by atoms with Crippen LogP contribution in [0.15, 0.2) is 24.3 Å². The van der Waals surface area contributed by atoms with Gasteiger partial charge in [-0.3, -0.25) is 19.2 Å². The molecule has 12 rings (SSSR count). The summed E-state index contributed by atoms with van der Waals surface area (Å²) in [5.41, 5.74) is 13.8. The summed E-state index contributed by atoms with van der Waals surface area (Å²) in [5, 5.41) is 21.0. The van der Waals surface area contributed by atoms with Gasteiger partial charge in [-0.25, -0.2) is 18.7 Å². The summed E-state index contributed by atoms with van der Waals surface area (Å²) in [7, 11) is 6.73. The smallest absolute Gasteiger partial charge is 0.284 e. The molecular weight excluding hydrogens is 775 g/mol. The molecule has 2 saturated carbocycles. The number of benzene rings is 2. The van der Waals surface area contributed by atoms with E-state index in [1.807, 2.05) is 0 Å². The Hall–Kier alpha value is -6.36. The number of aliphatic hydroxyl groups is 2. The first-order valence-electron chi connectivity index (χ1n) is 19.8. The van der Waals surface area contributed by atoms with E-state index in [9.17, 15) is 38.2 Å². The number of nitrogens with zero attached hydrogens (tertiary/aromatic N) is 6. The standard InChI is InChI=1S/2C22H21FN4O3/c2*1-26-6-5-22(30,21(26)29)4-3-11-9-15-14(10-16(11)23)12-7-13(8-12)18-17(15)25-20(19(24)28)27(18)2/h2*9-10,12-13,30H,5-8H2,1-2H3,(H2,24,28)/t2*12?,13?,22-/m10/s1. The molecule has 0 unspecified atom stereocenters. The molecule has 16 heteroatoms. The quantitative estimate of drug-likeness (QED) is 0.221. The molecule has 2 aromatic carbocycles. The van der Waals surface area contributed by atoms with E-state index >= 15 is 0 Å². The van der Waals surface area contributed by atoms with Crippen molar-refractivity contribution in [2.24, 2.45) is 25.6 Å². The van der Waals surface area contributed by atoms with E-state index in [1.54, 1.807) is 49.5 Å². The van der Waals surface area contributed by atoms with Crippen LogP contribution in [0.25, 0.3) is 22.5 Å². The van der Waals surface area contributed by atoms with Crippen LogP contribution in [0.2, 0.25) is 0 Å². The third-order valence-corrected chi connectivity index (χ3v) is 13.3. The Balaban J connectivity index is 0.000000154. The SMILES string of the molecule is CN1CC[C@@](O)(C#Cc2cc3c(cc2F)C2CC(C2)c2c-3nc(C(N)=O)n2C)C1=O.CN1CC[C@](O)(C#Cc2cc3c(cc2F)C2CC(C2)c2c-3nc(C(N)=O)n2C)C1=O. The van der Waals surface area contributed by atoms with Crippen LogP contribution in [0.4, 0.5) is 8.78 Å². The summed E-state index contributed by atoms with van der Waals surface area (Å²) in [4.78, 5) is 59.7. The van der Waals surface area contributed by atoms with Crippen LogP contribution in [-0.4, -0.2) is 101 Å². The number of primary amides is 2. The zero-order valence-electron chi connectivity index (χ0n) is 33.4. The van der Waals surface area contributed by atoms with Crippen LogP contribution < -0.4 is 11.5 Å². The van der Waals surface area contributed by atoms with Gasteiger partial charge in [0.15, 0.2) is 11.6 Å². The summed E-state index contributed by atoms with van der Waals surface area (Å²) in [6.07, 6.45) is 3.81. The zero-order chi connectivity index (χ0) is 42.7. The second-order valence-electron chi connectivity index (χ2n) is 16.9. The van der Waals surface area contributed by atoms with Gasteiger partial charge >= 0.3 is 0 Å². The monoisotopic (exact) mass is 816 g/mol. The molecule has 4 fully saturated rings. The van der Waals surface area contributed by atoms with E-state index in [0.29, 0.717) is 24.5 Å². The second kappa shape index (κ2) is 13.6. The average molecular weight is 817 g/mol. The van der Waals surface area contributed by atoms with Gasteiger partial charge < -0.3 is 40.6 Å². The van der Waals surface area contributed by atoms with E-state index in [2.05, 4.69) is 33.6 Å². The fraction of sp³-hybridized carbons (Fsp3) is 0.409. The number of hydrogen-bond acceptors (Lipinski definition) is 8. The molecule has 4 amide bonds. The van der Waals surface area contributed by atoms with Crippen LogP contribution in [-0.2, 0) is 23.7 Å². The molecule has 2 aliphatic heterocycles. The molecule has 8 aliphatic rings. The maximum atomic E-state index is 14.9. The van der Waals surface area contributed by atoms with Crippen LogP contribution in [0.3, 0.4) is 0 Å². The summed E-state index contributed by atoms with van der Waals surface area (Å²) in [6, 6.07) is 6.17. The summed E-state index contributed by atoms with van der Waals surface area (Å²) < 4.78 is 33.2. The zero-order valence-corrected chi connectivity index (χ0v) is 33.4. The molecule has 14 nitrogen and oxygen atoms in total. The van der Waals surface area contributed by atoms with E-state index in [1.165, 1.54) is 21.9 Å². The molecule has 2 aromatic heterocycles. The maximum Gasteiger partial charge on any atom is 0.284 e. The molecule has 308 valence electrons. The summed E-state index contributed by atoms with van der Waals surface area (Å²) in [5.74, 6) is 8.57. The van der Waals surface area contributed by atoms with Crippen LogP contribution >= 0.6 is 0 Å². The highest BCUT2D eigenvalue weighted by Crippen LogP contribution is 2.57. The minimum atomic E-state index is -1.80. The topological polar surface area (TPSA) is 203 Å². The van der Waals surface area contributed by atoms with Crippen LogP contribution in [0, 0.1) is 35.3 Å².